The van der Waals surface area contributed by atoms with Gasteiger partial charge in [0.1, 0.15) is 12.7 Å². The van der Waals surface area contributed by atoms with E-state index >= 15 is 0 Å². The molecule has 2 atom stereocenters. The van der Waals surface area contributed by atoms with Crippen LogP contribution in [0.5, 0.6) is 0 Å². The van der Waals surface area contributed by atoms with Crippen LogP contribution in [0.25, 0.3) is 0 Å². The van der Waals surface area contributed by atoms with Crippen molar-refractivity contribution < 1.29 is 14.3 Å². The van der Waals surface area contributed by atoms with E-state index in [1.54, 1.807) is 7.11 Å². The van der Waals surface area contributed by atoms with Crippen LogP contribution in [-0.4, -0.2) is 43.7 Å². The van der Waals surface area contributed by atoms with Crippen LogP contribution < -0.4 is 0 Å². The van der Waals surface area contributed by atoms with Gasteiger partial charge in [-0.1, -0.05) is 51.1 Å². The predicted octanol–water partition coefficient (Wildman–Crippen LogP) is 2.65. The van der Waals surface area contributed by atoms with E-state index < -0.39 is 0 Å². The molecule has 1 aromatic carbocycles. The summed E-state index contributed by atoms with van der Waals surface area (Å²) in [7, 11) is 1.55. The lowest BCUT2D eigenvalue weighted by Crippen LogP contribution is -2.52. The Morgan fingerprint density at radius 2 is 1.95 bits per heavy atom. The Bertz CT molecular complexity index is 467. The minimum Gasteiger partial charge on any atom is -0.375 e. The number of hydrogen-bond donors (Lipinski definition) is 0. The van der Waals surface area contributed by atoms with Crippen LogP contribution in [0.3, 0.4) is 0 Å². The summed E-state index contributed by atoms with van der Waals surface area (Å²) in [5.41, 5.74) is 1.10. The lowest BCUT2D eigenvalue weighted by Gasteiger charge is -2.43. The Balaban J connectivity index is 2.20. The quantitative estimate of drug-likeness (QED) is 0.859. The minimum atomic E-state index is -0.0787. The van der Waals surface area contributed by atoms with Gasteiger partial charge in [0.15, 0.2) is 0 Å². The maximum absolute atomic E-state index is 12.2. The van der Waals surface area contributed by atoms with Crippen LogP contribution in [0.15, 0.2) is 30.3 Å². The molecule has 1 saturated heterocycles. The number of nitrogens with zero attached hydrogens (tertiary/aromatic N) is 1. The van der Waals surface area contributed by atoms with E-state index in [-0.39, 0.29) is 30.1 Å². The summed E-state index contributed by atoms with van der Waals surface area (Å²) in [6.07, 6.45) is -0.0674. The van der Waals surface area contributed by atoms with Crippen LogP contribution in [0, 0.1) is 5.41 Å². The molecule has 0 N–H and O–H groups in total. The average Bonchev–Trinajstić information content (AvgIpc) is 2.47. The van der Waals surface area contributed by atoms with Gasteiger partial charge in [0.05, 0.1) is 12.6 Å². The first-order valence-corrected chi connectivity index (χ1v) is 7.39. The third-order valence-electron chi connectivity index (χ3n) is 3.86. The number of amides is 1. The van der Waals surface area contributed by atoms with Crippen molar-refractivity contribution in [2.75, 3.05) is 26.8 Å². The SMILES string of the molecule is COCC(=O)N1C[C@@H](c2ccccc2)O[C@@H](C(C)(C)C)C1. The molecule has 21 heavy (non-hydrogen) atoms. The van der Waals surface area contributed by atoms with Crippen molar-refractivity contribution in [3.05, 3.63) is 35.9 Å². The summed E-state index contributed by atoms with van der Waals surface area (Å²) in [6, 6.07) is 10.1. The molecular weight excluding hydrogens is 266 g/mol. The molecule has 1 heterocycles. The van der Waals surface area contributed by atoms with Gasteiger partial charge in [-0.05, 0) is 11.0 Å². The maximum Gasteiger partial charge on any atom is 0.248 e. The highest BCUT2D eigenvalue weighted by Crippen LogP contribution is 2.33. The zero-order valence-electron chi connectivity index (χ0n) is 13.3. The monoisotopic (exact) mass is 291 g/mol. The molecule has 4 nitrogen and oxygen atoms in total. The van der Waals surface area contributed by atoms with Crippen LogP contribution >= 0.6 is 0 Å². The number of methoxy groups -OCH3 is 1. The van der Waals surface area contributed by atoms with E-state index in [0.717, 1.165) is 5.56 Å². The van der Waals surface area contributed by atoms with E-state index in [1.807, 2.05) is 23.1 Å². The molecule has 0 unspecified atom stereocenters. The number of carbonyl (C=O) groups excluding carboxylic acids is 1. The summed E-state index contributed by atoms with van der Waals surface area (Å²) < 4.78 is 11.2. The van der Waals surface area contributed by atoms with Gasteiger partial charge in [-0.2, -0.15) is 0 Å². The van der Waals surface area contributed by atoms with Crippen LogP contribution in [-0.2, 0) is 14.3 Å². The third kappa shape index (κ3) is 4.05. The largest absolute Gasteiger partial charge is 0.375 e. The first kappa shape index (κ1) is 16.0. The fourth-order valence-corrected chi connectivity index (χ4v) is 2.51. The molecule has 1 aliphatic rings. The molecule has 1 aliphatic heterocycles. The van der Waals surface area contributed by atoms with Gasteiger partial charge in [-0.3, -0.25) is 4.79 Å². The Labute approximate surface area is 127 Å². The summed E-state index contributed by atoms with van der Waals surface area (Å²) in [5, 5.41) is 0. The number of hydrogen-bond acceptors (Lipinski definition) is 3. The molecule has 116 valence electrons. The number of morpholine rings is 1. The predicted molar refractivity (Wildman–Crippen MR) is 82.0 cm³/mol. The first-order chi connectivity index (χ1) is 9.91. The van der Waals surface area contributed by atoms with Gasteiger partial charge >= 0.3 is 0 Å². The lowest BCUT2D eigenvalue weighted by molar-refractivity contribution is -0.160. The Hall–Kier alpha value is -1.39. The smallest absolute Gasteiger partial charge is 0.248 e. The number of rotatable bonds is 3. The topological polar surface area (TPSA) is 38.8 Å². The first-order valence-electron chi connectivity index (χ1n) is 7.39. The van der Waals surface area contributed by atoms with E-state index in [4.69, 9.17) is 9.47 Å². The lowest BCUT2D eigenvalue weighted by atomic mass is 9.87. The van der Waals surface area contributed by atoms with E-state index in [9.17, 15) is 4.79 Å². The second-order valence-corrected chi connectivity index (χ2v) is 6.62. The van der Waals surface area contributed by atoms with Crippen molar-refractivity contribution in [1.82, 2.24) is 4.90 Å². The molecule has 1 aromatic rings. The van der Waals surface area contributed by atoms with Crippen molar-refractivity contribution in [2.45, 2.75) is 33.0 Å². The van der Waals surface area contributed by atoms with Gasteiger partial charge < -0.3 is 14.4 Å². The summed E-state index contributed by atoms with van der Waals surface area (Å²) >= 11 is 0. The van der Waals surface area contributed by atoms with Gasteiger partial charge in [-0.15, -0.1) is 0 Å². The molecule has 0 saturated carbocycles. The molecule has 1 amide bonds. The molecule has 0 bridgehead atoms. The van der Waals surface area contributed by atoms with Crippen molar-refractivity contribution in [2.24, 2.45) is 5.41 Å². The van der Waals surface area contributed by atoms with Crippen LogP contribution in [0.4, 0.5) is 0 Å². The van der Waals surface area contributed by atoms with Gasteiger partial charge in [0.2, 0.25) is 5.91 Å². The molecule has 2 rings (SSSR count). The number of carbonyl (C=O) groups is 1. The number of benzene rings is 1. The fraction of sp³-hybridized carbons (Fsp3) is 0.588. The Morgan fingerprint density at radius 1 is 1.29 bits per heavy atom. The zero-order chi connectivity index (χ0) is 15.5. The van der Waals surface area contributed by atoms with Crippen molar-refractivity contribution in [3.8, 4) is 0 Å². The molecule has 0 spiro atoms. The summed E-state index contributed by atoms with van der Waals surface area (Å²) in [5.74, 6) is 0.0241. The molecule has 0 aliphatic carbocycles. The summed E-state index contributed by atoms with van der Waals surface area (Å²) in [4.78, 5) is 14.1. The second-order valence-electron chi connectivity index (χ2n) is 6.62. The number of ether oxygens (including phenoxy) is 2. The Morgan fingerprint density at radius 3 is 2.52 bits per heavy atom. The highest BCUT2D eigenvalue weighted by molar-refractivity contribution is 5.77. The van der Waals surface area contributed by atoms with Gasteiger partial charge in [0, 0.05) is 13.7 Å². The molecule has 4 heteroatoms. The maximum atomic E-state index is 12.2. The van der Waals surface area contributed by atoms with E-state index in [1.165, 1.54) is 0 Å². The van der Waals surface area contributed by atoms with E-state index in [0.29, 0.717) is 13.1 Å². The minimum absolute atomic E-state index is 0.0114. The normalized spacial score (nSPS) is 23.1. The van der Waals surface area contributed by atoms with Crippen molar-refractivity contribution in [1.29, 1.82) is 0 Å². The standard InChI is InChI=1S/C17H25NO3/c1-17(2,3)15-11-18(16(19)12-20-4)10-14(21-15)13-8-6-5-7-9-13/h5-9,14-15H,10-12H2,1-4H3/t14-,15+/m0/s1. The Kier molecular flexibility index (Phi) is 5.01. The average molecular weight is 291 g/mol. The third-order valence-corrected chi connectivity index (χ3v) is 3.86. The van der Waals surface area contributed by atoms with Gasteiger partial charge in [0.25, 0.3) is 0 Å². The summed E-state index contributed by atoms with van der Waals surface area (Å²) in [6.45, 7) is 7.75. The highest BCUT2D eigenvalue weighted by Gasteiger charge is 2.37. The molecule has 1 fully saturated rings. The molecule has 0 radical (unpaired) electrons. The molecule has 0 aromatic heterocycles. The van der Waals surface area contributed by atoms with Gasteiger partial charge in [-0.25, -0.2) is 0 Å². The molecular formula is C17H25NO3. The van der Waals surface area contributed by atoms with Crippen LogP contribution in [0.2, 0.25) is 0 Å². The second kappa shape index (κ2) is 6.58. The highest BCUT2D eigenvalue weighted by atomic mass is 16.5. The zero-order valence-corrected chi connectivity index (χ0v) is 13.3. The van der Waals surface area contributed by atoms with Crippen LogP contribution in [0.1, 0.15) is 32.4 Å². The van der Waals surface area contributed by atoms with Crippen molar-refractivity contribution in [3.63, 3.8) is 0 Å². The fourth-order valence-electron chi connectivity index (χ4n) is 2.51. The van der Waals surface area contributed by atoms with Crippen molar-refractivity contribution >= 4 is 5.91 Å². The van der Waals surface area contributed by atoms with E-state index in [2.05, 4.69) is 32.9 Å².